The molecule has 1 aromatic rings. The van der Waals surface area contributed by atoms with Gasteiger partial charge in [-0.25, -0.2) is 4.98 Å². The van der Waals surface area contributed by atoms with Gasteiger partial charge in [0.1, 0.15) is 5.82 Å². The van der Waals surface area contributed by atoms with Gasteiger partial charge >= 0.3 is 0 Å². The molecule has 88 valence electrons. The zero-order valence-corrected chi connectivity index (χ0v) is 9.86. The number of nitrogens with zero attached hydrogens (tertiary/aromatic N) is 1. The standard InChI is InChI=1S/C12H19N3O/c1-3-4-5-9(2)15-11-7-6-10(8-14-11)12(13)16/h6-9H,3-5H2,1-2H3,(H2,13,16)(H,14,15). The quantitative estimate of drug-likeness (QED) is 0.773. The van der Waals surface area contributed by atoms with Crippen LogP contribution in [0.25, 0.3) is 0 Å². The van der Waals surface area contributed by atoms with Crippen molar-refractivity contribution in [2.45, 2.75) is 39.2 Å². The second-order valence-electron chi connectivity index (χ2n) is 3.98. The van der Waals surface area contributed by atoms with Crippen LogP contribution >= 0.6 is 0 Å². The first kappa shape index (κ1) is 12.5. The normalized spacial score (nSPS) is 12.1. The summed E-state index contributed by atoms with van der Waals surface area (Å²) in [6.45, 7) is 4.30. The summed E-state index contributed by atoms with van der Waals surface area (Å²) < 4.78 is 0. The third-order valence-electron chi connectivity index (χ3n) is 2.43. The lowest BCUT2D eigenvalue weighted by molar-refractivity contribution is 0.1000. The second-order valence-corrected chi connectivity index (χ2v) is 3.98. The van der Waals surface area contributed by atoms with E-state index in [0.29, 0.717) is 11.6 Å². The molecule has 1 atom stereocenters. The van der Waals surface area contributed by atoms with Crippen LogP contribution in [0, 0.1) is 0 Å². The van der Waals surface area contributed by atoms with Crippen LogP contribution < -0.4 is 11.1 Å². The van der Waals surface area contributed by atoms with Crippen molar-refractivity contribution in [1.82, 2.24) is 4.98 Å². The van der Waals surface area contributed by atoms with Crippen LogP contribution in [0.5, 0.6) is 0 Å². The van der Waals surface area contributed by atoms with E-state index >= 15 is 0 Å². The second kappa shape index (κ2) is 6.10. The van der Waals surface area contributed by atoms with E-state index in [4.69, 9.17) is 5.73 Å². The zero-order valence-electron chi connectivity index (χ0n) is 9.86. The third kappa shape index (κ3) is 3.88. The number of nitrogens with one attached hydrogen (secondary N) is 1. The molecule has 3 N–H and O–H groups in total. The van der Waals surface area contributed by atoms with E-state index < -0.39 is 5.91 Å². The minimum Gasteiger partial charge on any atom is -0.368 e. The Kier molecular flexibility index (Phi) is 4.76. The monoisotopic (exact) mass is 221 g/mol. The van der Waals surface area contributed by atoms with Gasteiger partial charge in [-0.15, -0.1) is 0 Å². The highest BCUT2D eigenvalue weighted by Gasteiger charge is 2.04. The summed E-state index contributed by atoms with van der Waals surface area (Å²) >= 11 is 0. The number of carbonyl (C=O) groups is 1. The first-order chi connectivity index (χ1) is 7.63. The molecule has 4 nitrogen and oxygen atoms in total. The van der Waals surface area contributed by atoms with E-state index in [9.17, 15) is 4.79 Å². The lowest BCUT2D eigenvalue weighted by atomic mass is 10.1. The van der Waals surface area contributed by atoms with Crippen molar-refractivity contribution in [3.8, 4) is 0 Å². The zero-order chi connectivity index (χ0) is 12.0. The molecule has 0 spiro atoms. The Bertz CT molecular complexity index is 335. The van der Waals surface area contributed by atoms with Gasteiger partial charge in [-0.2, -0.15) is 0 Å². The fourth-order valence-corrected chi connectivity index (χ4v) is 1.46. The Morgan fingerprint density at radius 2 is 2.31 bits per heavy atom. The molecule has 1 rings (SSSR count). The van der Waals surface area contributed by atoms with Crippen molar-refractivity contribution >= 4 is 11.7 Å². The molecule has 0 bridgehead atoms. The Balaban J connectivity index is 2.51. The average molecular weight is 221 g/mol. The van der Waals surface area contributed by atoms with Crippen LogP contribution in [0.4, 0.5) is 5.82 Å². The fourth-order valence-electron chi connectivity index (χ4n) is 1.46. The van der Waals surface area contributed by atoms with E-state index in [1.807, 2.05) is 0 Å². The molecule has 0 radical (unpaired) electrons. The molecule has 0 aliphatic carbocycles. The summed E-state index contributed by atoms with van der Waals surface area (Å²) in [6, 6.07) is 3.86. The van der Waals surface area contributed by atoms with Crippen molar-refractivity contribution in [3.05, 3.63) is 23.9 Å². The van der Waals surface area contributed by atoms with Gasteiger partial charge in [-0.1, -0.05) is 19.8 Å². The van der Waals surface area contributed by atoms with Crippen LogP contribution in [0.1, 0.15) is 43.5 Å². The summed E-state index contributed by atoms with van der Waals surface area (Å²) in [4.78, 5) is 15.0. The number of carbonyl (C=O) groups excluding carboxylic acids is 1. The number of amides is 1. The third-order valence-corrected chi connectivity index (χ3v) is 2.43. The molecule has 0 saturated carbocycles. The maximum Gasteiger partial charge on any atom is 0.250 e. The van der Waals surface area contributed by atoms with E-state index in [1.54, 1.807) is 12.1 Å². The van der Waals surface area contributed by atoms with Crippen molar-refractivity contribution < 1.29 is 4.79 Å². The Morgan fingerprint density at radius 3 is 2.81 bits per heavy atom. The minimum absolute atomic E-state index is 0.395. The Morgan fingerprint density at radius 1 is 1.56 bits per heavy atom. The number of nitrogens with two attached hydrogens (primary N) is 1. The summed E-state index contributed by atoms with van der Waals surface area (Å²) in [5.41, 5.74) is 5.57. The van der Waals surface area contributed by atoms with E-state index in [-0.39, 0.29) is 0 Å². The molecule has 0 aliphatic rings. The van der Waals surface area contributed by atoms with Crippen molar-refractivity contribution in [3.63, 3.8) is 0 Å². The molecule has 0 saturated heterocycles. The highest BCUT2D eigenvalue weighted by atomic mass is 16.1. The van der Waals surface area contributed by atoms with Crippen LogP contribution in [0.15, 0.2) is 18.3 Å². The largest absolute Gasteiger partial charge is 0.368 e. The van der Waals surface area contributed by atoms with Crippen LogP contribution in [-0.4, -0.2) is 16.9 Å². The highest BCUT2D eigenvalue weighted by Crippen LogP contribution is 2.09. The van der Waals surface area contributed by atoms with Gasteiger partial charge in [-0.05, 0) is 25.5 Å². The number of primary amides is 1. The number of hydrogen-bond acceptors (Lipinski definition) is 3. The van der Waals surface area contributed by atoms with E-state index in [0.717, 1.165) is 12.2 Å². The summed E-state index contributed by atoms with van der Waals surface area (Å²) in [5, 5.41) is 3.28. The number of unbranched alkanes of at least 4 members (excludes halogenated alkanes) is 1. The lowest BCUT2D eigenvalue weighted by Gasteiger charge is -2.13. The molecule has 0 aromatic carbocycles. The molecule has 1 amide bonds. The first-order valence-corrected chi connectivity index (χ1v) is 5.66. The summed E-state index contributed by atoms with van der Waals surface area (Å²) in [6.07, 6.45) is 5.01. The van der Waals surface area contributed by atoms with Crippen molar-refractivity contribution in [2.75, 3.05) is 5.32 Å². The molecule has 1 unspecified atom stereocenters. The van der Waals surface area contributed by atoms with E-state index in [2.05, 4.69) is 24.1 Å². The molecule has 1 heterocycles. The Labute approximate surface area is 96.3 Å². The van der Waals surface area contributed by atoms with Gasteiger partial charge in [0.05, 0.1) is 5.56 Å². The molecule has 16 heavy (non-hydrogen) atoms. The smallest absolute Gasteiger partial charge is 0.250 e. The maximum atomic E-state index is 10.8. The number of hydrogen-bond donors (Lipinski definition) is 2. The molecular weight excluding hydrogens is 202 g/mol. The van der Waals surface area contributed by atoms with Crippen LogP contribution in [0.3, 0.4) is 0 Å². The van der Waals surface area contributed by atoms with Gasteiger partial charge in [0.25, 0.3) is 0 Å². The molecule has 4 heteroatoms. The summed E-state index contributed by atoms with van der Waals surface area (Å²) in [5.74, 6) is 0.340. The van der Waals surface area contributed by atoms with Crippen LogP contribution in [0.2, 0.25) is 0 Å². The molecular formula is C12H19N3O. The molecule has 1 aromatic heterocycles. The molecule has 0 aliphatic heterocycles. The predicted octanol–water partition coefficient (Wildman–Crippen LogP) is 2.17. The van der Waals surface area contributed by atoms with Crippen molar-refractivity contribution in [1.29, 1.82) is 0 Å². The summed E-state index contributed by atoms with van der Waals surface area (Å²) in [7, 11) is 0. The average Bonchev–Trinajstić information content (AvgIpc) is 2.27. The highest BCUT2D eigenvalue weighted by molar-refractivity contribution is 5.92. The van der Waals surface area contributed by atoms with Gasteiger partial charge in [-0.3, -0.25) is 4.79 Å². The number of pyridine rings is 1. The number of aromatic nitrogens is 1. The van der Waals surface area contributed by atoms with Gasteiger partial charge in [0.15, 0.2) is 0 Å². The lowest BCUT2D eigenvalue weighted by Crippen LogP contribution is -2.16. The van der Waals surface area contributed by atoms with Gasteiger partial charge in [0.2, 0.25) is 5.91 Å². The number of rotatable bonds is 6. The minimum atomic E-state index is -0.446. The maximum absolute atomic E-state index is 10.8. The topological polar surface area (TPSA) is 68.0 Å². The predicted molar refractivity (Wildman–Crippen MR) is 65.4 cm³/mol. The fraction of sp³-hybridized carbons (Fsp3) is 0.500. The van der Waals surface area contributed by atoms with Gasteiger partial charge < -0.3 is 11.1 Å². The number of anilines is 1. The van der Waals surface area contributed by atoms with Gasteiger partial charge in [0, 0.05) is 12.2 Å². The first-order valence-electron chi connectivity index (χ1n) is 5.66. The van der Waals surface area contributed by atoms with Crippen LogP contribution in [-0.2, 0) is 0 Å². The Hall–Kier alpha value is -1.58. The SMILES string of the molecule is CCCCC(C)Nc1ccc(C(N)=O)cn1. The molecule has 0 fully saturated rings. The van der Waals surface area contributed by atoms with Crippen molar-refractivity contribution in [2.24, 2.45) is 5.73 Å². The van der Waals surface area contributed by atoms with E-state index in [1.165, 1.54) is 19.0 Å².